The Labute approximate surface area is 155 Å². The molecule has 1 atom stereocenters. The lowest BCUT2D eigenvalue weighted by atomic mass is 9.93. The van der Waals surface area contributed by atoms with Gasteiger partial charge in [-0.05, 0) is 77.7 Å². The fraction of sp³-hybridized carbons (Fsp3) is 0.941. The van der Waals surface area contributed by atoms with E-state index >= 15 is 0 Å². The Kier molecular flexibility index (Phi) is 17.0. The first-order valence-corrected chi connectivity index (χ1v) is 8.88. The molecule has 2 N–H and O–H groups in total. The van der Waals surface area contributed by atoms with Gasteiger partial charge in [0.05, 0.1) is 0 Å². The van der Waals surface area contributed by atoms with E-state index in [1.54, 1.807) is 0 Å². The van der Waals surface area contributed by atoms with Gasteiger partial charge >= 0.3 is 0 Å². The van der Waals surface area contributed by atoms with E-state index in [-0.39, 0.29) is 30.7 Å². The van der Waals surface area contributed by atoms with Gasteiger partial charge in [-0.3, -0.25) is 4.79 Å². The number of amides is 1. The van der Waals surface area contributed by atoms with E-state index in [0.717, 1.165) is 57.9 Å². The summed E-state index contributed by atoms with van der Waals surface area (Å²) in [5.74, 6) is 0.985. The van der Waals surface area contributed by atoms with Crippen molar-refractivity contribution in [3.63, 3.8) is 0 Å². The smallest absolute Gasteiger partial charge is 0.220 e. The average Bonchev–Trinajstić information content (AvgIpc) is 2.50. The maximum atomic E-state index is 12.0. The molecule has 1 amide bonds. The molecule has 0 aromatic carbocycles. The molecule has 1 fully saturated rings. The van der Waals surface area contributed by atoms with Gasteiger partial charge in [0.2, 0.25) is 5.91 Å². The van der Waals surface area contributed by atoms with E-state index < -0.39 is 0 Å². The number of rotatable bonds is 10. The van der Waals surface area contributed by atoms with Crippen molar-refractivity contribution in [2.45, 2.75) is 65.3 Å². The second-order valence-corrected chi connectivity index (χ2v) is 6.37. The first-order valence-electron chi connectivity index (χ1n) is 8.88. The Morgan fingerprint density at radius 2 is 1.83 bits per heavy atom. The lowest BCUT2D eigenvalue weighted by Crippen LogP contribution is -2.34. The van der Waals surface area contributed by atoms with Gasteiger partial charge < -0.3 is 15.5 Å². The van der Waals surface area contributed by atoms with E-state index in [4.69, 9.17) is 0 Å². The molecule has 0 radical (unpaired) electrons. The molecule has 0 aliphatic carbocycles. The highest BCUT2D eigenvalue weighted by Gasteiger charge is 2.15. The van der Waals surface area contributed by atoms with Crippen molar-refractivity contribution in [1.29, 1.82) is 0 Å². The number of halogens is 2. The highest BCUT2D eigenvalue weighted by molar-refractivity contribution is 5.85. The largest absolute Gasteiger partial charge is 0.354 e. The van der Waals surface area contributed by atoms with E-state index in [9.17, 15) is 4.79 Å². The molecule has 1 rings (SSSR count). The molecule has 23 heavy (non-hydrogen) atoms. The van der Waals surface area contributed by atoms with Gasteiger partial charge in [-0.25, -0.2) is 0 Å². The second kappa shape index (κ2) is 15.5. The van der Waals surface area contributed by atoms with E-state index in [1.807, 2.05) is 0 Å². The molecule has 0 saturated carbocycles. The summed E-state index contributed by atoms with van der Waals surface area (Å²) < 4.78 is 0. The second-order valence-electron chi connectivity index (χ2n) is 6.37. The normalized spacial score (nSPS) is 16.3. The minimum Gasteiger partial charge on any atom is -0.354 e. The molecular formula is C17H37Cl2N3O. The Bertz CT molecular complexity index is 283. The standard InChI is InChI=1S/C17H35N3O.2ClH/c1-4-20(5-2)14-6-7-15(3)19-17(21)9-8-16-10-12-18-13-11-16;;/h15-16,18H,4-14H2,1-3H3,(H,19,21);2*1H. The van der Waals surface area contributed by atoms with Gasteiger partial charge in [0.15, 0.2) is 0 Å². The lowest BCUT2D eigenvalue weighted by molar-refractivity contribution is -0.122. The van der Waals surface area contributed by atoms with Crippen molar-refractivity contribution < 1.29 is 4.79 Å². The van der Waals surface area contributed by atoms with Crippen LogP contribution in [-0.2, 0) is 4.79 Å². The van der Waals surface area contributed by atoms with Gasteiger partial charge in [0.25, 0.3) is 0 Å². The molecule has 0 bridgehead atoms. The number of hydrogen-bond donors (Lipinski definition) is 2. The fourth-order valence-electron chi connectivity index (χ4n) is 3.09. The number of carbonyl (C=O) groups is 1. The van der Waals surface area contributed by atoms with E-state index in [0.29, 0.717) is 12.5 Å². The van der Waals surface area contributed by atoms with Gasteiger partial charge in [-0.2, -0.15) is 0 Å². The third-order valence-electron chi connectivity index (χ3n) is 4.65. The number of nitrogens with one attached hydrogen (secondary N) is 2. The highest BCUT2D eigenvalue weighted by atomic mass is 35.5. The topological polar surface area (TPSA) is 44.4 Å². The molecule has 1 heterocycles. The quantitative estimate of drug-likeness (QED) is 0.621. The summed E-state index contributed by atoms with van der Waals surface area (Å²) in [6, 6.07) is 0.307. The molecule has 4 nitrogen and oxygen atoms in total. The van der Waals surface area contributed by atoms with Gasteiger partial charge in [0, 0.05) is 12.5 Å². The van der Waals surface area contributed by atoms with Crippen molar-refractivity contribution >= 4 is 30.7 Å². The molecule has 0 aromatic heterocycles. The van der Waals surface area contributed by atoms with Crippen LogP contribution in [0.2, 0.25) is 0 Å². The van der Waals surface area contributed by atoms with Crippen molar-refractivity contribution in [3.8, 4) is 0 Å². The van der Waals surface area contributed by atoms with Crippen LogP contribution in [0.15, 0.2) is 0 Å². The fourth-order valence-corrected chi connectivity index (χ4v) is 3.09. The zero-order chi connectivity index (χ0) is 15.5. The zero-order valence-electron chi connectivity index (χ0n) is 15.1. The van der Waals surface area contributed by atoms with Crippen molar-refractivity contribution in [1.82, 2.24) is 15.5 Å². The summed E-state index contributed by atoms with van der Waals surface area (Å²) in [5.41, 5.74) is 0. The molecule has 1 saturated heterocycles. The third kappa shape index (κ3) is 12.0. The molecule has 140 valence electrons. The number of hydrogen-bond acceptors (Lipinski definition) is 3. The monoisotopic (exact) mass is 369 g/mol. The van der Waals surface area contributed by atoms with E-state index in [1.165, 1.54) is 12.8 Å². The van der Waals surface area contributed by atoms with Crippen LogP contribution in [0.5, 0.6) is 0 Å². The Hall–Kier alpha value is -0.0300. The Morgan fingerprint density at radius 3 is 2.39 bits per heavy atom. The van der Waals surface area contributed by atoms with Crippen molar-refractivity contribution in [2.75, 3.05) is 32.7 Å². The summed E-state index contributed by atoms with van der Waals surface area (Å²) in [7, 11) is 0. The van der Waals surface area contributed by atoms with Crippen LogP contribution in [-0.4, -0.2) is 49.6 Å². The van der Waals surface area contributed by atoms with Crippen LogP contribution in [0, 0.1) is 5.92 Å². The molecule has 1 unspecified atom stereocenters. The third-order valence-corrected chi connectivity index (χ3v) is 4.65. The molecule has 1 aliphatic rings. The minimum absolute atomic E-state index is 0. The van der Waals surface area contributed by atoms with Crippen molar-refractivity contribution in [2.24, 2.45) is 5.92 Å². The van der Waals surface area contributed by atoms with Gasteiger partial charge in [-0.1, -0.05) is 13.8 Å². The lowest BCUT2D eigenvalue weighted by Gasteiger charge is -2.23. The van der Waals surface area contributed by atoms with E-state index in [2.05, 4.69) is 36.3 Å². The maximum Gasteiger partial charge on any atom is 0.220 e. The Balaban J connectivity index is 0. The molecule has 6 heteroatoms. The number of nitrogens with zero attached hydrogens (tertiary/aromatic N) is 1. The first kappa shape index (κ1) is 25.2. The average molecular weight is 370 g/mol. The predicted octanol–water partition coefficient (Wildman–Crippen LogP) is 3.24. The van der Waals surface area contributed by atoms with Crippen LogP contribution in [0.3, 0.4) is 0 Å². The predicted molar refractivity (Wildman–Crippen MR) is 104 cm³/mol. The number of piperidine rings is 1. The molecule has 1 aliphatic heterocycles. The number of carbonyl (C=O) groups excluding carboxylic acids is 1. The maximum absolute atomic E-state index is 12.0. The summed E-state index contributed by atoms with van der Waals surface area (Å²) in [6.45, 7) is 12.2. The molecule has 0 spiro atoms. The molecular weight excluding hydrogens is 333 g/mol. The van der Waals surface area contributed by atoms with Crippen LogP contribution in [0.4, 0.5) is 0 Å². The summed E-state index contributed by atoms with van der Waals surface area (Å²) in [5, 5.41) is 6.53. The SMILES string of the molecule is CCN(CC)CCCC(C)NC(=O)CCC1CCNCC1.Cl.Cl. The van der Waals surface area contributed by atoms with Crippen LogP contribution in [0.25, 0.3) is 0 Å². The van der Waals surface area contributed by atoms with Crippen molar-refractivity contribution in [3.05, 3.63) is 0 Å². The Morgan fingerprint density at radius 1 is 1.22 bits per heavy atom. The molecule has 0 aromatic rings. The summed E-state index contributed by atoms with van der Waals surface area (Å²) in [4.78, 5) is 14.4. The zero-order valence-corrected chi connectivity index (χ0v) is 16.7. The summed E-state index contributed by atoms with van der Waals surface area (Å²) in [6.07, 6.45) is 6.46. The first-order chi connectivity index (χ1) is 10.2. The highest BCUT2D eigenvalue weighted by Crippen LogP contribution is 2.17. The van der Waals surface area contributed by atoms with Crippen LogP contribution < -0.4 is 10.6 Å². The van der Waals surface area contributed by atoms with Gasteiger partial charge in [-0.15, -0.1) is 24.8 Å². The summed E-state index contributed by atoms with van der Waals surface area (Å²) >= 11 is 0. The minimum atomic E-state index is 0. The van der Waals surface area contributed by atoms with Crippen LogP contribution >= 0.6 is 24.8 Å². The van der Waals surface area contributed by atoms with Gasteiger partial charge in [0.1, 0.15) is 0 Å². The van der Waals surface area contributed by atoms with Crippen LogP contribution in [0.1, 0.15) is 59.3 Å².